The van der Waals surface area contributed by atoms with Crippen LogP contribution in [0.3, 0.4) is 0 Å². The smallest absolute Gasteiger partial charge is 0.246 e. The van der Waals surface area contributed by atoms with Gasteiger partial charge in [0, 0.05) is 17.3 Å². The third-order valence-corrected chi connectivity index (χ3v) is 2.69. The Morgan fingerprint density at radius 2 is 2.11 bits per heavy atom. The molecule has 0 bridgehead atoms. The molecule has 1 aromatic rings. The normalized spacial score (nSPS) is 18.4. The summed E-state index contributed by atoms with van der Waals surface area (Å²) < 4.78 is 5.79. The van der Waals surface area contributed by atoms with Gasteiger partial charge in [-0.3, -0.25) is 4.79 Å². The molecule has 0 fully saturated rings. The Balaban J connectivity index is 2.25. The van der Waals surface area contributed by atoms with Gasteiger partial charge in [0.1, 0.15) is 17.4 Å². The summed E-state index contributed by atoms with van der Waals surface area (Å²) >= 11 is 0. The van der Waals surface area contributed by atoms with Crippen LogP contribution in [0.15, 0.2) is 18.2 Å². The summed E-state index contributed by atoms with van der Waals surface area (Å²) in [4.78, 5) is 11.8. The van der Waals surface area contributed by atoms with Crippen molar-refractivity contribution in [1.29, 1.82) is 0 Å². The molecule has 0 aromatic heterocycles. The lowest BCUT2D eigenvalue weighted by Crippen LogP contribution is -2.27. The van der Waals surface area contributed by atoms with Crippen LogP contribution in [0.1, 0.15) is 39.3 Å². The number of anilines is 1. The van der Waals surface area contributed by atoms with Crippen LogP contribution in [0.4, 0.5) is 5.69 Å². The topological polar surface area (TPSA) is 50.4 Å². The monoisotopic (exact) mass is 248 g/mol. The Morgan fingerprint density at radius 1 is 1.39 bits per heavy atom. The maximum Gasteiger partial charge on any atom is 0.246 e. The lowest BCUT2D eigenvalue weighted by Gasteiger charge is -2.21. The number of hydrogen-bond acceptors (Lipinski definition) is 3. The van der Waals surface area contributed by atoms with Gasteiger partial charge in [-0.25, -0.2) is 0 Å². The summed E-state index contributed by atoms with van der Waals surface area (Å²) in [5, 5.41) is 6.04. The molecular weight excluding hydrogens is 228 g/mol. The highest BCUT2D eigenvalue weighted by atomic mass is 16.5. The second-order valence-electron chi connectivity index (χ2n) is 5.44. The molecule has 1 heterocycles. The summed E-state index contributed by atoms with van der Waals surface area (Å²) in [6, 6.07) is 5.50. The molecule has 4 heteroatoms. The Bertz CT molecular complexity index is 463. The minimum atomic E-state index is -0.242. The summed E-state index contributed by atoms with van der Waals surface area (Å²) in [5.41, 5.74) is 1.59. The first-order valence-corrected chi connectivity index (χ1v) is 6.28. The average molecular weight is 248 g/mol. The van der Waals surface area contributed by atoms with E-state index in [4.69, 9.17) is 4.74 Å². The van der Waals surface area contributed by atoms with E-state index in [2.05, 4.69) is 10.6 Å². The number of ether oxygens (including phenoxy) is 1. The SMILES string of the molecule is CCNC1C(=O)Nc2cc(OC(C)(C)C)ccc21. The molecule has 1 unspecified atom stereocenters. The summed E-state index contributed by atoms with van der Waals surface area (Å²) in [5.74, 6) is 0.776. The van der Waals surface area contributed by atoms with E-state index < -0.39 is 0 Å². The molecule has 1 amide bonds. The largest absolute Gasteiger partial charge is 0.488 e. The minimum Gasteiger partial charge on any atom is -0.488 e. The lowest BCUT2D eigenvalue weighted by molar-refractivity contribution is -0.117. The van der Waals surface area contributed by atoms with Crippen molar-refractivity contribution in [2.45, 2.75) is 39.3 Å². The van der Waals surface area contributed by atoms with Crippen LogP contribution >= 0.6 is 0 Å². The predicted octanol–water partition coefficient (Wildman–Crippen LogP) is 2.47. The number of nitrogens with one attached hydrogen (secondary N) is 2. The van der Waals surface area contributed by atoms with Gasteiger partial charge in [-0.1, -0.05) is 13.0 Å². The van der Waals surface area contributed by atoms with Crippen molar-refractivity contribution in [2.75, 3.05) is 11.9 Å². The van der Waals surface area contributed by atoms with Gasteiger partial charge in [-0.2, -0.15) is 0 Å². The highest BCUT2D eigenvalue weighted by molar-refractivity contribution is 6.02. The van der Waals surface area contributed by atoms with E-state index in [1.54, 1.807) is 0 Å². The van der Waals surface area contributed by atoms with E-state index in [-0.39, 0.29) is 17.6 Å². The van der Waals surface area contributed by atoms with Gasteiger partial charge >= 0.3 is 0 Å². The third-order valence-electron chi connectivity index (χ3n) is 2.69. The second kappa shape index (κ2) is 4.61. The number of likely N-dealkylation sites (N-methyl/N-ethyl adjacent to an activating group) is 1. The Morgan fingerprint density at radius 3 is 2.72 bits per heavy atom. The molecule has 1 aromatic carbocycles. The molecule has 1 aliphatic rings. The van der Waals surface area contributed by atoms with Gasteiger partial charge in [-0.15, -0.1) is 0 Å². The van der Waals surface area contributed by atoms with Crippen LogP contribution in [0.25, 0.3) is 0 Å². The van der Waals surface area contributed by atoms with Gasteiger partial charge in [0.2, 0.25) is 5.91 Å². The number of hydrogen-bond donors (Lipinski definition) is 2. The first kappa shape index (κ1) is 12.9. The van der Waals surface area contributed by atoms with Crippen molar-refractivity contribution >= 4 is 11.6 Å². The van der Waals surface area contributed by atoms with Crippen molar-refractivity contribution in [2.24, 2.45) is 0 Å². The fraction of sp³-hybridized carbons (Fsp3) is 0.500. The van der Waals surface area contributed by atoms with E-state index in [9.17, 15) is 4.79 Å². The zero-order chi connectivity index (χ0) is 13.3. The van der Waals surface area contributed by atoms with Crippen LogP contribution in [-0.2, 0) is 4.79 Å². The molecule has 0 spiro atoms. The number of carbonyl (C=O) groups is 1. The Labute approximate surface area is 108 Å². The quantitative estimate of drug-likeness (QED) is 0.864. The van der Waals surface area contributed by atoms with Crippen LogP contribution in [-0.4, -0.2) is 18.1 Å². The predicted molar refractivity (Wildman–Crippen MR) is 71.9 cm³/mol. The van der Waals surface area contributed by atoms with Crippen LogP contribution < -0.4 is 15.4 Å². The average Bonchev–Trinajstić information content (AvgIpc) is 2.53. The van der Waals surface area contributed by atoms with E-state index in [0.29, 0.717) is 0 Å². The molecule has 0 radical (unpaired) electrons. The zero-order valence-electron chi connectivity index (χ0n) is 11.3. The Hall–Kier alpha value is -1.55. The molecule has 0 saturated heterocycles. The highest BCUT2D eigenvalue weighted by Crippen LogP contribution is 2.34. The maximum atomic E-state index is 11.8. The zero-order valence-corrected chi connectivity index (χ0v) is 11.3. The van der Waals surface area contributed by atoms with Crippen molar-refractivity contribution in [1.82, 2.24) is 5.32 Å². The third kappa shape index (κ3) is 2.64. The number of fused-ring (bicyclic) bond motifs is 1. The van der Waals surface area contributed by atoms with Crippen LogP contribution in [0, 0.1) is 0 Å². The molecule has 2 rings (SSSR count). The van der Waals surface area contributed by atoms with Crippen molar-refractivity contribution in [3.8, 4) is 5.75 Å². The first-order valence-electron chi connectivity index (χ1n) is 6.28. The van der Waals surface area contributed by atoms with E-state index in [1.807, 2.05) is 45.9 Å². The van der Waals surface area contributed by atoms with Gasteiger partial charge in [0.05, 0.1) is 0 Å². The lowest BCUT2D eigenvalue weighted by atomic mass is 10.1. The van der Waals surface area contributed by atoms with Gasteiger partial charge in [0.15, 0.2) is 0 Å². The second-order valence-corrected chi connectivity index (χ2v) is 5.44. The van der Waals surface area contributed by atoms with Crippen LogP contribution in [0.2, 0.25) is 0 Å². The highest BCUT2D eigenvalue weighted by Gasteiger charge is 2.30. The van der Waals surface area contributed by atoms with E-state index >= 15 is 0 Å². The molecule has 0 aliphatic carbocycles. The molecule has 1 atom stereocenters. The van der Waals surface area contributed by atoms with Gasteiger partial charge in [0.25, 0.3) is 0 Å². The summed E-state index contributed by atoms with van der Waals surface area (Å²) in [6.45, 7) is 8.75. The molecule has 4 nitrogen and oxygen atoms in total. The van der Waals surface area contributed by atoms with Gasteiger partial charge < -0.3 is 15.4 Å². The molecular formula is C14H20N2O2. The van der Waals surface area contributed by atoms with E-state index in [1.165, 1.54) is 0 Å². The minimum absolute atomic E-state index is 0.000223. The van der Waals surface area contributed by atoms with Crippen LogP contribution in [0.5, 0.6) is 5.75 Å². The maximum absolute atomic E-state index is 11.8. The number of amides is 1. The van der Waals surface area contributed by atoms with Crippen molar-refractivity contribution in [3.63, 3.8) is 0 Å². The summed E-state index contributed by atoms with van der Waals surface area (Å²) in [6.07, 6.45) is 0. The van der Waals surface area contributed by atoms with Crippen molar-refractivity contribution in [3.05, 3.63) is 23.8 Å². The number of rotatable bonds is 3. The number of carbonyl (C=O) groups excluding carboxylic acids is 1. The van der Waals surface area contributed by atoms with Crippen molar-refractivity contribution < 1.29 is 9.53 Å². The fourth-order valence-electron chi connectivity index (χ4n) is 2.07. The molecule has 1 aliphatic heterocycles. The molecule has 18 heavy (non-hydrogen) atoms. The summed E-state index contributed by atoms with van der Waals surface area (Å²) in [7, 11) is 0. The molecule has 0 saturated carbocycles. The fourth-order valence-corrected chi connectivity index (χ4v) is 2.07. The first-order chi connectivity index (χ1) is 8.40. The van der Waals surface area contributed by atoms with E-state index in [0.717, 1.165) is 23.5 Å². The number of benzene rings is 1. The standard InChI is InChI=1S/C14H20N2O2/c1-5-15-12-10-7-6-9(18-14(2,3)4)8-11(10)16-13(12)17/h6-8,12,15H,5H2,1-4H3,(H,16,17). The molecule has 2 N–H and O–H groups in total. The van der Waals surface area contributed by atoms with Gasteiger partial charge in [-0.05, 0) is 33.4 Å². The Kier molecular flexibility index (Phi) is 3.30. The molecule has 98 valence electrons.